The second-order valence-electron chi connectivity index (χ2n) is 6.15. The van der Waals surface area contributed by atoms with Crippen molar-refractivity contribution in [3.63, 3.8) is 0 Å². The van der Waals surface area contributed by atoms with Crippen LogP contribution in [0.25, 0.3) is 0 Å². The summed E-state index contributed by atoms with van der Waals surface area (Å²) in [5, 5.41) is 6.17. The van der Waals surface area contributed by atoms with E-state index < -0.39 is 0 Å². The summed E-state index contributed by atoms with van der Waals surface area (Å²) in [6, 6.07) is 16.3. The molecule has 0 unspecified atom stereocenters. The van der Waals surface area contributed by atoms with Gasteiger partial charge >= 0.3 is 0 Å². The van der Waals surface area contributed by atoms with Crippen LogP contribution in [0.2, 0.25) is 0 Å². The Hall–Kier alpha value is -2.49. The first-order valence-corrected chi connectivity index (χ1v) is 8.73. The van der Waals surface area contributed by atoms with Crippen molar-refractivity contribution in [2.75, 3.05) is 35.2 Å². The van der Waals surface area contributed by atoms with E-state index in [1.165, 1.54) is 18.5 Å². The molecule has 0 spiro atoms. The zero-order valence-corrected chi connectivity index (χ0v) is 14.2. The molecule has 2 aromatic carbocycles. The molecular formula is C20H25N3O. The molecule has 0 atom stereocenters. The van der Waals surface area contributed by atoms with E-state index in [1.54, 1.807) is 0 Å². The Kier molecular flexibility index (Phi) is 5.36. The van der Waals surface area contributed by atoms with Gasteiger partial charge in [0.15, 0.2) is 0 Å². The maximum atomic E-state index is 12.1. The lowest BCUT2D eigenvalue weighted by molar-refractivity contribution is -0.114. The van der Waals surface area contributed by atoms with E-state index >= 15 is 0 Å². The summed E-state index contributed by atoms with van der Waals surface area (Å²) in [6.07, 6.45) is 3.46. The Balaban J connectivity index is 1.52. The monoisotopic (exact) mass is 323 g/mol. The zero-order chi connectivity index (χ0) is 16.8. The molecule has 2 N–H and O–H groups in total. The summed E-state index contributed by atoms with van der Waals surface area (Å²) >= 11 is 0. The molecule has 4 nitrogen and oxygen atoms in total. The number of carbonyl (C=O) groups excluding carboxylic acids is 1. The van der Waals surface area contributed by atoms with Crippen molar-refractivity contribution in [2.45, 2.75) is 26.2 Å². The van der Waals surface area contributed by atoms with Gasteiger partial charge in [-0.1, -0.05) is 25.1 Å². The number of amides is 1. The molecule has 1 saturated heterocycles. The van der Waals surface area contributed by atoms with E-state index in [-0.39, 0.29) is 12.5 Å². The van der Waals surface area contributed by atoms with Gasteiger partial charge in [-0.2, -0.15) is 0 Å². The van der Waals surface area contributed by atoms with Crippen LogP contribution in [0.3, 0.4) is 0 Å². The predicted octanol–water partition coefficient (Wildman–Crippen LogP) is 3.90. The van der Waals surface area contributed by atoms with Gasteiger partial charge in [-0.05, 0) is 55.2 Å². The molecule has 126 valence electrons. The molecule has 4 heteroatoms. The second kappa shape index (κ2) is 7.86. The Morgan fingerprint density at radius 2 is 1.75 bits per heavy atom. The fourth-order valence-corrected chi connectivity index (χ4v) is 3.09. The van der Waals surface area contributed by atoms with Crippen LogP contribution in [-0.2, 0) is 11.2 Å². The molecule has 0 bridgehead atoms. The Bertz CT molecular complexity index is 676. The number of nitrogens with zero attached hydrogens (tertiary/aromatic N) is 1. The normalized spacial score (nSPS) is 13.8. The van der Waals surface area contributed by atoms with Gasteiger partial charge in [0.25, 0.3) is 0 Å². The molecule has 1 aliphatic heterocycles. The third kappa shape index (κ3) is 4.07. The Morgan fingerprint density at radius 3 is 2.46 bits per heavy atom. The van der Waals surface area contributed by atoms with Crippen molar-refractivity contribution < 1.29 is 4.79 Å². The van der Waals surface area contributed by atoms with Gasteiger partial charge in [-0.15, -0.1) is 0 Å². The maximum Gasteiger partial charge on any atom is 0.243 e. The van der Waals surface area contributed by atoms with E-state index in [2.05, 4.69) is 34.6 Å². The minimum Gasteiger partial charge on any atom is -0.376 e. The number of rotatable bonds is 6. The van der Waals surface area contributed by atoms with Gasteiger partial charge < -0.3 is 15.5 Å². The van der Waals surface area contributed by atoms with Crippen molar-refractivity contribution in [3.05, 3.63) is 54.1 Å². The van der Waals surface area contributed by atoms with Gasteiger partial charge in [-0.25, -0.2) is 0 Å². The van der Waals surface area contributed by atoms with Crippen LogP contribution >= 0.6 is 0 Å². The number of benzene rings is 2. The molecule has 0 aliphatic carbocycles. The highest BCUT2D eigenvalue weighted by atomic mass is 16.1. The third-order valence-electron chi connectivity index (χ3n) is 4.46. The van der Waals surface area contributed by atoms with Crippen LogP contribution in [0.5, 0.6) is 0 Å². The lowest BCUT2D eigenvalue weighted by atomic mass is 10.1. The first kappa shape index (κ1) is 16.4. The van der Waals surface area contributed by atoms with Crippen LogP contribution in [0.15, 0.2) is 48.5 Å². The summed E-state index contributed by atoms with van der Waals surface area (Å²) in [5.41, 5.74) is 4.29. The summed E-state index contributed by atoms with van der Waals surface area (Å²) < 4.78 is 0. The van der Waals surface area contributed by atoms with E-state index in [1.807, 2.05) is 36.4 Å². The molecule has 1 aliphatic rings. The fourth-order valence-electron chi connectivity index (χ4n) is 3.09. The summed E-state index contributed by atoms with van der Waals surface area (Å²) in [7, 11) is 0. The highest BCUT2D eigenvalue weighted by molar-refractivity contribution is 5.94. The van der Waals surface area contributed by atoms with Gasteiger partial charge in [0.05, 0.1) is 6.54 Å². The van der Waals surface area contributed by atoms with Crippen LogP contribution < -0.4 is 15.5 Å². The zero-order valence-electron chi connectivity index (χ0n) is 14.2. The molecule has 1 fully saturated rings. The average molecular weight is 323 g/mol. The molecule has 2 aromatic rings. The largest absolute Gasteiger partial charge is 0.376 e. The molecule has 24 heavy (non-hydrogen) atoms. The Labute approximate surface area is 143 Å². The minimum atomic E-state index is -0.0282. The molecule has 0 saturated carbocycles. The lowest BCUT2D eigenvalue weighted by Gasteiger charge is -2.18. The standard InChI is InChI=1S/C20H25N3O/c1-2-16-7-3-4-8-19(16)22-20(24)15-21-17-9-11-18(12-10-17)23-13-5-6-14-23/h3-4,7-12,21H,2,5-6,13-15H2,1H3,(H,22,24). The van der Waals surface area contributed by atoms with Crippen LogP contribution in [0.4, 0.5) is 17.1 Å². The number of hydrogen-bond acceptors (Lipinski definition) is 3. The van der Waals surface area contributed by atoms with E-state index in [0.29, 0.717) is 0 Å². The summed E-state index contributed by atoms with van der Waals surface area (Å²) in [4.78, 5) is 14.5. The number of anilines is 3. The quantitative estimate of drug-likeness (QED) is 0.847. The molecule has 0 aromatic heterocycles. The fraction of sp³-hybridized carbons (Fsp3) is 0.350. The lowest BCUT2D eigenvalue weighted by Crippen LogP contribution is -2.22. The topological polar surface area (TPSA) is 44.4 Å². The summed E-state index contributed by atoms with van der Waals surface area (Å²) in [6.45, 7) is 4.64. The maximum absolute atomic E-state index is 12.1. The second-order valence-corrected chi connectivity index (χ2v) is 6.15. The number of nitrogens with one attached hydrogen (secondary N) is 2. The van der Waals surface area contributed by atoms with E-state index in [0.717, 1.165) is 36.4 Å². The van der Waals surface area contributed by atoms with E-state index in [9.17, 15) is 4.79 Å². The van der Waals surface area contributed by atoms with Gasteiger partial charge in [0.2, 0.25) is 5.91 Å². The number of hydrogen-bond donors (Lipinski definition) is 2. The highest BCUT2D eigenvalue weighted by Crippen LogP contribution is 2.22. The van der Waals surface area contributed by atoms with Crippen molar-refractivity contribution in [2.24, 2.45) is 0 Å². The van der Waals surface area contributed by atoms with E-state index in [4.69, 9.17) is 0 Å². The van der Waals surface area contributed by atoms with Crippen molar-refractivity contribution in [3.8, 4) is 0 Å². The smallest absolute Gasteiger partial charge is 0.243 e. The molecule has 1 heterocycles. The van der Waals surface area contributed by atoms with Gasteiger partial charge in [0, 0.05) is 30.2 Å². The van der Waals surface area contributed by atoms with Crippen LogP contribution in [0, 0.1) is 0 Å². The average Bonchev–Trinajstić information content (AvgIpc) is 3.15. The van der Waals surface area contributed by atoms with Crippen LogP contribution in [-0.4, -0.2) is 25.5 Å². The molecule has 1 amide bonds. The Morgan fingerprint density at radius 1 is 1.04 bits per heavy atom. The molecule has 3 rings (SSSR count). The minimum absolute atomic E-state index is 0.0282. The van der Waals surface area contributed by atoms with Gasteiger partial charge in [0.1, 0.15) is 0 Å². The first-order chi connectivity index (χ1) is 11.8. The number of aryl methyl sites for hydroxylation is 1. The number of carbonyl (C=O) groups is 1. The molecule has 0 radical (unpaired) electrons. The van der Waals surface area contributed by atoms with Crippen molar-refractivity contribution in [1.29, 1.82) is 0 Å². The van der Waals surface area contributed by atoms with Crippen molar-refractivity contribution in [1.82, 2.24) is 0 Å². The highest BCUT2D eigenvalue weighted by Gasteiger charge is 2.12. The van der Waals surface area contributed by atoms with Crippen LogP contribution in [0.1, 0.15) is 25.3 Å². The molecular weight excluding hydrogens is 298 g/mol. The predicted molar refractivity (Wildman–Crippen MR) is 101 cm³/mol. The SMILES string of the molecule is CCc1ccccc1NC(=O)CNc1ccc(N2CCCC2)cc1. The van der Waals surface area contributed by atoms with Gasteiger partial charge in [-0.3, -0.25) is 4.79 Å². The first-order valence-electron chi connectivity index (χ1n) is 8.73. The summed E-state index contributed by atoms with van der Waals surface area (Å²) in [5.74, 6) is -0.0282. The van der Waals surface area contributed by atoms with Crippen molar-refractivity contribution >= 4 is 23.0 Å². The number of para-hydroxylation sites is 1. The third-order valence-corrected chi connectivity index (χ3v) is 4.46.